The lowest BCUT2D eigenvalue weighted by molar-refractivity contribution is -0.136. The van der Waals surface area contributed by atoms with E-state index < -0.39 is 0 Å². The lowest BCUT2D eigenvalue weighted by Crippen LogP contribution is -2.49. The molecule has 1 aliphatic heterocycles. The second kappa shape index (κ2) is 7.00. The molecule has 0 unspecified atom stereocenters. The van der Waals surface area contributed by atoms with Crippen LogP contribution in [0.1, 0.15) is 30.5 Å². The molecule has 25 heavy (non-hydrogen) atoms. The summed E-state index contributed by atoms with van der Waals surface area (Å²) in [7, 11) is 0. The van der Waals surface area contributed by atoms with E-state index in [2.05, 4.69) is 11.0 Å². The highest BCUT2D eigenvalue weighted by Gasteiger charge is 2.23. The third-order valence-corrected chi connectivity index (χ3v) is 5.09. The van der Waals surface area contributed by atoms with E-state index in [4.69, 9.17) is 4.42 Å². The third-order valence-electron chi connectivity index (χ3n) is 5.09. The van der Waals surface area contributed by atoms with E-state index in [1.807, 2.05) is 38.7 Å². The fraction of sp³-hybridized carbons (Fsp3) is 0.500. The van der Waals surface area contributed by atoms with Crippen LogP contribution in [0, 0.1) is 19.8 Å². The topological polar surface area (TPSA) is 53.8 Å². The van der Waals surface area contributed by atoms with E-state index in [-0.39, 0.29) is 17.5 Å². The van der Waals surface area contributed by atoms with Crippen LogP contribution in [0.3, 0.4) is 0 Å². The summed E-state index contributed by atoms with van der Waals surface area (Å²) in [5.41, 5.74) is 3.52. The fourth-order valence-corrected chi connectivity index (χ4v) is 3.39. The van der Waals surface area contributed by atoms with E-state index in [1.54, 1.807) is 6.07 Å². The molecule has 0 atom stereocenters. The smallest absolute Gasteiger partial charge is 0.336 e. The van der Waals surface area contributed by atoms with Gasteiger partial charge in [-0.2, -0.15) is 0 Å². The normalized spacial score (nSPS) is 16.0. The van der Waals surface area contributed by atoms with Crippen molar-refractivity contribution in [3.05, 3.63) is 45.3 Å². The monoisotopic (exact) mass is 342 g/mol. The zero-order valence-corrected chi connectivity index (χ0v) is 15.5. The molecule has 5 heteroatoms. The molecule has 1 saturated heterocycles. The molecule has 0 bridgehead atoms. The number of piperazine rings is 1. The average Bonchev–Trinajstić information content (AvgIpc) is 2.58. The maximum absolute atomic E-state index is 12.1. The van der Waals surface area contributed by atoms with Crippen LogP contribution in [0.25, 0.3) is 11.0 Å². The fourth-order valence-electron chi connectivity index (χ4n) is 3.39. The summed E-state index contributed by atoms with van der Waals surface area (Å²) in [5, 5.41) is 1.00. The van der Waals surface area contributed by atoms with Gasteiger partial charge in [-0.15, -0.1) is 0 Å². The number of nitrogens with zero attached hydrogens (tertiary/aromatic N) is 2. The van der Waals surface area contributed by atoms with Gasteiger partial charge in [0.25, 0.3) is 0 Å². The average molecular weight is 342 g/mol. The first-order valence-electron chi connectivity index (χ1n) is 8.91. The molecule has 1 aromatic carbocycles. The molecule has 0 radical (unpaired) electrons. The second-order valence-corrected chi connectivity index (χ2v) is 7.23. The predicted molar refractivity (Wildman–Crippen MR) is 98.7 cm³/mol. The standard InChI is InChI=1S/C20H26N2O3/c1-13(2)20(24)22-9-7-21(8-10-22)12-16-11-18(23)25-19-15(4)14(3)5-6-17(16)19/h5-6,11,13H,7-10,12H2,1-4H3. The van der Waals surface area contributed by atoms with Crippen molar-refractivity contribution in [3.63, 3.8) is 0 Å². The molecule has 2 heterocycles. The van der Waals surface area contributed by atoms with E-state index in [9.17, 15) is 9.59 Å². The van der Waals surface area contributed by atoms with Crippen molar-refractivity contribution < 1.29 is 9.21 Å². The van der Waals surface area contributed by atoms with Crippen LogP contribution < -0.4 is 5.63 Å². The Morgan fingerprint density at radius 3 is 2.48 bits per heavy atom. The van der Waals surface area contributed by atoms with Gasteiger partial charge in [-0.3, -0.25) is 9.69 Å². The van der Waals surface area contributed by atoms with Gasteiger partial charge in [0.15, 0.2) is 0 Å². The van der Waals surface area contributed by atoms with E-state index in [0.29, 0.717) is 12.1 Å². The van der Waals surface area contributed by atoms with Crippen LogP contribution in [-0.4, -0.2) is 41.9 Å². The first kappa shape index (κ1) is 17.7. The lowest BCUT2D eigenvalue weighted by atomic mass is 10.0. The molecule has 1 aliphatic rings. The maximum Gasteiger partial charge on any atom is 0.336 e. The van der Waals surface area contributed by atoms with Gasteiger partial charge >= 0.3 is 5.63 Å². The summed E-state index contributed by atoms with van der Waals surface area (Å²) < 4.78 is 5.45. The van der Waals surface area contributed by atoms with Crippen molar-refractivity contribution in [2.75, 3.05) is 26.2 Å². The number of carbonyl (C=O) groups is 1. The van der Waals surface area contributed by atoms with E-state index >= 15 is 0 Å². The largest absolute Gasteiger partial charge is 0.422 e. The van der Waals surface area contributed by atoms with Crippen LogP contribution in [0.2, 0.25) is 0 Å². The summed E-state index contributed by atoms with van der Waals surface area (Å²) >= 11 is 0. The van der Waals surface area contributed by atoms with Gasteiger partial charge in [0.2, 0.25) is 5.91 Å². The van der Waals surface area contributed by atoms with Gasteiger partial charge in [-0.05, 0) is 30.5 Å². The van der Waals surface area contributed by atoms with E-state index in [0.717, 1.165) is 48.3 Å². The zero-order chi connectivity index (χ0) is 18.1. The highest BCUT2D eigenvalue weighted by Crippen LogP contribution is 2.24. The van der Waals surface area contributed by atoms with Crippen LogP contribution in [-0.2, 0) is 11.3 Å². The van der Waals surface area contributed by atoms with Gasteiger partial charge in [0, 0.05) is 50.1 Å². The molecule has 1 amide bonds. The highest BCUT2D eigenvalue weighted by molar-refractivity contribution is 5.84. The van der Waals surface area contributed by atoms with Crippen molar-refractivity contribution in [2.45, 2.75) is 34.2 Å². The Bertz CT molecular complexity index is 846. The van der Waals surface area contributed by atoms with Crippen LogP contribution in [0.5, 0.6) is 0 Å². The molecule has 1 fully saturated rings. The number of hydrogen-bond donors (Lipinski definition) is 0. The number of hydrogen-bond acceptors (Lipinski definition) is 4. The molecule has 0 aliphatic carbocycles. The number of benzene rings is 1. The first-order chi connectivity index (χ1) is 11.9. The van der Waals surface area contributed by atoms with Gasteiger partial charge < -0.3 is 9.32 Å². The quantitative estimate of drug-likeness (QED) is 0.805. The Balaban J connectivity index is 1.80. The van der Waals surface area contributed by atoms with Crippen molar-refractivity contribution in [1.29, 1.82) is 0 Å². The molecule has 1 aromatic heterocycles. The number of rotatable bonds is 3. The molecule has 2 aromatic rings. The van der Waals surface area contributed by atoms with Crippen molar-refractivity contribution >= 4 is 16.9 Å². The molecular formula is C20H26N2O3. The molecule has 0 saturated carbocycles. The van der Waals surface area contributed by atoms with Crippen LogP contribution >= 0.6 is 0 Å². The van der Waals surface area contributed by atoms with Crippen LogP contribution in [0.15, 0.2) is 27.4 Å². The molecular weight excluding hydrogens is 316 g/mol. The Morgan fingerprint density at radius 2 is 1.84 bits per heavy atom. The Morgan fingerprint density at radius 1 is 1.16 bits per heavy atom. The van der Waals surface area contributed by atoms with Crippen molar-refractivity contribution in [1.82, 2.24) is 9.80 Å². The molecule has 134 valence electrons. The van der Waals surface area contributed by atoms with Crippen molar-refractivity contribution in [2.24, 2.45) is 5.92 Å². The molecule has 0 spiro atoms. The minimum Gasteiger partial charge on any atom is -0.422 e. The molecule has 5 nitrogen and oxygen atoms in total. The van der Waals surface area contributed by atoms with Crippen molar-refractivity contribution in [3.8, 4) is 0 Å². The Kier molecular flexibility index (Phi) is 4.95. The van der Waals surface area contributed by atoms with E-state index in [1.165, 1.54) is 0 Å². The number of aryl methyl sites for hydroxylation is 2. The third kappa shape index (κ3) is 3.61. The number of carbonyl (C=O) groups excluding carboxylic acids is 1. The van der Waals surface area contributed by atoms with Gasteiger partial charge in [-0.1, -0.05) is 26.0 Å². The number of amides is 1. The van der Waals surface area contributed by atoms with Crippen LogP contribution in [0.4, 0.5) is 0 Å². The lowest BCUT2D eigenvalue weighted by Gasteiger charge is -2.35. The SMILES string of the molecule is Cc1ccc2c(CN3CCN(C(=O)C(C)C)CC3)cc(=O)oc2c1C. The van der Waals surface area contributed by atoms with Gasteiger partial charge in [0.05, 0.1) is 0 Å². The Hall–Kier alpha value is -2.14. The zero-order valence-electron chi connectivity index (χ0n) is 15.5. The highest BCUT2D eigenvalue weighted by atomic mass is 16.4. The predicted octanol–water partition coefficient (Wildman–Crippen LogP) is 2.71. The summed E-state index contributed by atoms with van der Waals surface area (Å²) in [6.07, 6.45) is 0. The molecule has 0 N–H and O–H groups in total. The maximum atomic E-state index is 12.1. The summed E-state index contributed by atoms with van der Waals surface area (Å²) in [4.78, 5) is 28.3. The number of fused-ring (bicyclic) bond motifs is 1. The summed E-state index contributed by atoms with van der Waals surface area (Å²) in [6, 6.07) is 5.71. The first-order valence-corrected chi connectivity index (χ1v) is 8.91. The Labute approximate surface area is 148 Å². The van der Waals surface area contributed by atoms with Gasteiger partial charge in [-0.25, -0.2) is 4.79 Å². The minimum atomic E-state index is -0.301. The minimum absolute atomic E-state index is 0.0421. The second-order valence-electron chi connectivity index (χ2n) is 7.23. The summed E-state index contributed by atoms with van der Waals surface area (Å²) in [5.74, 6) is 0.261. The summed E-state index contributed by atoms with van der Waals surface area (Å²) in [6.45, 7) is 11.7. The van der Waals surface area contributed by atoms with Gasteiger partial charge in [0.1, 0.15) is 5.58 Å². The molecule has 3 rings (SSSR count).